The standard InChI is InChI=1S/C20H30N2O3S/c1-16-12-14-22(15-13-16)20(23)17-8-10-19(11-9-17)26(24,25)21-18-6-4-2-3-5-7-18/h8-11,16,18,21H,2-7,12-15H2,1H3. The first-order chi connectivity index (χ1) is 12.5. The lowest BCUT2D eigenvalue weighted by molar-refractivity contribution is 0.0697. The number of carbonyl (C=O) groups is 1. The average Bonchev–Trinajstić information content (AvgIpc) is 2.90. The molecule has 0 bridgehead atoms. The summed E-state index contributed by atoms with van der Waals surface area (Å²) in [4.78, 5) is 14.7. The van der Waals surface area contributed by atoms with Crippen molar-refractivity contribution in [3.63, 3.8) is 0 Å². The van der Waals surface area contributed by atoms with Gasteiger partial charge in [-0.2, -0.15) is 0 Å². The number of nitrogens with zero attached hydrogens (tertiary/aromatic N) is 1. The van der Waals surface area contributed by atoms with Crippen molar-refractivity contribution in [3.05, 3.63) is 29.8 Å². The second-order valence-electron chi connectivity index (χ2n) is 7.81. The summed E-state index contributed by atoms with van der Waals surface area (Å²) in [6, 6.07) is 6.42. The molecule has 1 aliphatic carbocycles. The van der Waals surface area contributed by atoms with Crippen LogP contribution in [0.2, 0.25) is 0 Å². The van der Waals surface area contributed by atoms with Gasteiger partial charge >= 0.3 is 0 Å². The van der Waals surface area contributed by atoms with Gasteiger partial charge in [0.15, 0.2) is 0 Å². The molecule has 144 valence electrons. The van der Waals surface area contributed by atoms with Crippen molar-refractivity contribution in [1.82, 2.24) is 9.62 Å². The minimum absolute atomic E-state index is 0.00225. The molecule has 3 rings (SSSR count). The molecule has 2 aliphatic rings. The summed E-state index contributed by atoms with van der Waals surface area (Å²) in [6.45, 7) is 3.77. The lowest BCUT2D eigenvalue weighted by atomic mass is 9.98. The Morgan fingerprint density at radius 2 is 1.54 bits per heavy atom. The lowest BCUT2D eigenvalue weighted by Gasteiger charge is -2.30. The van der Waals surface area contributed by atoms with Crippen molar-refractivity contribution in [1.29, 1.82) is 0 Å². The van der Waals surface area contributed by atoms with Crippen LogP contribution in [-0.2, 0) is 10.0 Å². The Labute approximate surface area is 157 Å². The Hall–Kier alpha value is -1.40. The number of amides is 1. The van der Waals surface area contributed by atoms with Crippen LogP contribution >= 0.6 is 0 Å². The maximum atomic E-state index is 12.6. The zero-order chi connectivity index (χ0) is 18.6. The molecule has 0 radical (unpaired) electrons. The van der Waals surface area contributed by atoms with Crippen LogP contribution < -0.4 is 4.72 Å². The van der Waals surface area contributed by atoms with Crippen molar-refractivity contribution >= 4 is 15.9 Å². The molecule has 0 aromatic heterocycles. The number of sulfonamides is 1. The normalized spacial score (nSPS) is 20.7. The zero-order valence-electron chi connectivity index (χ0n) is 15.6. The van der Waals surface area contributed by atoms with Gasteiger partial charge in [0.25, 0.3) is 5.91 Å². The highest BCUT2D eigenvalue weighted by Gasteiger charge is 2.24. The van der Waals surface area contributed by atoms with Crippen LogP contribution in [0.4, 0.5) is 0 Å². The Morgan fingerprint density at radius 1 is 0.962 bits per heavy atom. The number of hydrogen-bond donors (Lipinski definition) is 1. The molecule has 5 nitrogen and oxygen atoms in total. The number of nitrogens with one attached hydrogen (secondary N) is 1. The molecular formula is C20H30N2O3S. The highest BCUT2D eigenvalue weighted by atomic mass is 32.2. The average molecular weight is 379 g/mol. The molecule has 1 aromatic carbocycles. The number of hydrogen-bond acceptors (Lipinski definition) is 3. The van der Waals surface area contributed by atoms with Crippen molar-refractivity contribution in [2.75, 3.05) is 13.1 Å². The maximum Gasteiger partial charge on any atom is 0.253 e. The van der Waals surface area contributed by atoms with Gasteiger partial charge in [0.05, 0.1) is 4.90 Å². The van der Waals surface area contributed by atoms with Gasteiger partial charge in [-0.15, -0.1) is 0 Å². The fourth-order valence-electron chi connectivity index (χ4n) is 3.86. The van der Waals surface area contributed by atoms with E-state index in [0.717, 1.165) is 51.6 Å². The fraction of sp³-hybridized carbons (Fsp3) is 0.650. The fourth-order valence-corrected chi connectivity index (χ4v) is 5.16. The Bertz CT molecular complexity index is 699. The summed E-state index contributed by atoms with van der Waals surface area (Å²) >= 11 is 0. The number of rotatable bonds is 4. The minimum atomic E-state index is -3.53. The van der Waals surface area contributed by atoms with Gasteiger partial charge in [-0.1, -0.05) is 32.6 Å². The number of piperidine rings is 1. The largest absolute Gasteiger partial charge is 0.339 e. The second-order valence-corrected chi connectivity index (χ2v) is 9.52. The van der Waals surface area contributed by atoms with Crippen molar-refractivity contribution in [2.45, 2.75) is 69.2 Å². The molecular weight excluding hydrogens is 348 g/mol. The van der Waals surface area contributed by atoms with Crippen LogP contribution in [0, 0.1) is 5.92 Å². The number of carbonyl (C=O) groups excluding carboxylic acids is 1. The van der Waals surface area contributed by atoms with Crippen LogP contribution in [0.3, 0.4) is 0 Å². The molecule has 1 aliphatic heterocycles. The van der Waals surface area contributed by atoms with E-state index >= 15 is 0 Å². The van der Waals surface area contributed by atoms with Gasteiger partial charge in [-0.25, -0.2) is 13.1 Å². The van der Waals surface area contributed by atoms with Crippen LogP contribution in [0.25, 0.3) is 0 Å². The molecule has 0 atom stereocenters. The summed E-state index contributed by atoms with van der Waals surface area (Å²) in [5.41, 5.74) is 0.563. The van der Waals surface area contributed by atoms with E-state index in [1.54, 1.807) is 24.3 Å². The van der Waals surface area contributed by atoms with Crippen LogP contribution in [0.15, 0.2) is 29.2 Å². The first-order valence-corrected chi connectivity index (χ1v) is 11.4. The molecule has 0 spiro atoms. The van der Waals surface area contributed by atoms with E-state index in [2.05, 4.69) is 11.6 Å². The van der Waals surface area contributed by atoms with Crippen LogP contribution in [-0.4, -0.2) is 38.4 Å². The quantitative estimate of drug-likeness (QED) is 0.815. The second kappa shape index (κ2) is 8.53. The first kappa shape index (κ1) is 19.4. The van der Waals surface area contributed by atoms with Gasteiger partial charge in [-0.05, 0) is 55.9 Å². The molecule has 1 N–H and O–H groups in total. The van der Waals surface area contributed by atoms with E-state index < -0.39 is 10.0 Å². The van der Waals surface area contributed by atoms with Gasteiger partial charge < -0.3 is 4.90 Å². The molecule has 6 heteroatoms. The monoisotopic (exact) mass is 378 g/mol. The molecule has 1 amide bonds. The zero-order valence-corrected chi connectivity index (χ0v) is 16.4. The van der Waals surface area contributed by atoms with Gasteiger partial charge in [0.2, 0.25) is 10.0 Å². The summed E-state index contributed by atoms with van der Waals surface area (Å²) in [7, 11) is -3.53. The molecule has 1 heterocycles. The smallest absolute Gasteiger partial charge is 0.253 e. The Balaban J connectivity index is 1.65. The van der Waals surface area contributed by atoms with Crippen LogP contribution in [0.1, 0.15) is 68.6 Å². The summed E-state index contributed by atoms with van der Waals surface area (Å²) < 4.78 is 28.1. The third-order valence-corrected chi connectivity index (χ3v) is 7.20. The Kier molecular flexibility index (Phi) is 6.35. The number of benzene rings is 1. The van der Waals surface area contributed by atoms with E-state index in [9.17, 15) is 13.2 Å². The minimum Gasteiger partial charge on any atom is -0.339 e. The molecule has 1 saturated heterocycles. The van der Waals surface area contributed by atoms with E-state index in [0.29, 0.717) is 11.5 Å². The molecule has 1 aromatic rings. The molecule has 1 saturated carbocycles. The SMILES string of the molecule is CC1CCN(C(=O)c2ccc(S(=O)(=O)NC3CCCCCC3)cc2)CC1. The number of likely N-dealkylation sites (tertiary alicyclic amines) is 1. The van der Waals surface area contributed by atoms with Crippen molar-refractivity contribution < 1.29 is 13.2 Å². The first-order valence-electron chi connectivity index (χ1n) is 9.87. The summed E-state index contributed by atoms with van der Waals surface area (Å²) in [5, 5.41) is 0. The summed E-state index contributed by atoms with van der Waals surface area (Å²) in [5.74, 6) is 0.666. The molecule has 26 heavy (non-hydrogen) atoms. The topological polar surface area (TPSA) is 66.5 Å². The maximum absolute atomic E-state index is 12.6. The van der Waals surface area contributed by atoms with Crippen LogP contribution in [0.5, 0.6) is 0 Å². The van der Waals surface area contributed by atoms with Gasteiger partial charge in [0, 0.05) is 24.7 Å². The Morgan fingerprint density at radius 3 is 2.12 bits per heavy atom. The third-order valence-electron chi connectivity index (χ3n) is 5.66. The third kappa shape index (κ3) is 4.86. The van der Waals surface area contributed by atoms with E-state index in [1.165, 1.54) is 12.8 Å². The predicted octanol–water partition coefficient (Wildman–Crippen LogP) is 3.56. The lowest BCUT2D eigenvalue weighted by Crippen LogP contribution is -2.38. The van der Waals surface area contributed by atoms with E-state index in [-0.39, 0.29) is 16.8 Å². The summed E-state index contributed by atoms with van der Waals surface area (Å²) in [6.07, 6.45) is 8.40. The van der Waals surface area contributed by atoms with E-state index in [1.807, 2.05) is 4.90 Å². The highest BCUT2D eigenvalue weighted by Crippen LogP contribution is 2.21. The predicted molar refractivity (Wildman–Crippen MR) is 103 cm³/mol. The van der Waals surface area contributed by atoms with Gasteiger partial charge in [-0.3, -0.25) is 4.79 Å². The highest BCUT2D eigenvalue weighted by molar-refractivity contribution is 7.89. The molecule has 2 fully saturated rings. The van der Waals surface area contributed by atoms with Crippen molar-refractivity contribution in [2.24, 2.45) is 5.92 Å². The molecule has 0 unspecified atom stereocenters. The van der Waals surface area contributed by atoms with Crippen molar-refractivity contribution in [3.8, 4) is 0 Å². The van der Waals surface area contributed by atoms with E-state index in [4.69, 9.17) is 0 Å². The van der Waals surface area contributed by atoms with Gasteiger partial charge in [0.1, 0.15) is 0 Å².